The summed E-state index contributed by atoms with van der Waals surface area (Å²) in [5, 5.41) is 3.59. The highest BCUT2D eigenvalue weighted by Gasteiger charge is 2.22. The molecule has 2 aliphatic heterocycles. The molecule has 1 fully saturated rings. The van der Waals surface area contributed by atoms with Crippen LogP contribution in [0.25, 0.3) is 11.3 Å². The summed E-state index contributed by atoms with van der Waals surface area (Å²) in [5.74, 6) is 0.690. The molecule has 0 radical (unpaired) electrons. The van der Waals surface area contributed by atoms with Crippen LogP contribution < -0.4 is 5.32 Å². The lowest BCUT2D eigenvalue weighted by Gasteiger charge is -2.17. The number of benzene rings is 1. The number of pyridine rings is 1. The maximum Gasteiger partial charge on any atom is 0.321 e. The van der Waals surface area contributed by atoms with E-state index in [9.17, 15) is 4.79 Å². The Hall–Kier alpha value is -3.01. The number of likely N-dealkylation sites (tertiary alicyclic amines) is 1. The summed E-state index contributed by atoms with van der Waals surface area (Å²) < 4.78 is 7.79. The number of fused-ring (bicyclic) bond motifs is 1. The highest BCUT2D eigenvalue weighted by molar-refractivity contribution is 6.76. The van der Waals surface area contributed by atoms with Gasteiger partial charge in [-0.3, -0.25) is 0 Å². The van der Waals surface area contributed by atoms with Crippen LogP contribution in [0.1, 0.15) is 24.0 Å². The number of carbonyl (C=O) groups is 1. The van der Waals surface area contributed by atoms with Gasteiger partial charge in [0.2, 0.25) is 0 Å². The Morgan fingerprint density at radius 2 is 1.97 bits per heavy atom. The van der Waals surface area contributed by atoms with E-state index in [1.54, 1.807) is 18.6 Å². The maximum absolute atomic E-state index is 12.5. The Bertz CT molecular complexity index is 1330. The van der Waals surface area contributed by atoms with Gasteiger partial charge in [-0.25, -0.2) is 19.8 Å². The van der Waals surface area contributed by atoms with Crippen LogP contribution >= 0.6 is 11.6 Å². The van der Waals surface area contributed by atoms with Crippen LogP contribution in [-0.2, 0) is 17.9 Å². The first-order valence-electron chi connectivity index (χ1n) is 12.8. The van der Waals surface area contributed by atoms with Crippen LogP contribution in [0.15, 0.2) is 48.0 Å². The van der Waals surface area contributed by atoms with Gasteiger partial charge in [-0.05, 0) is 43.2 Å². The summed E-state index contributed by atoms with van der Waals surface area (Å²) in [4.78, 5) is 28.3. The van der Waals surface area contributed by atoms with Gasteiger partial charge in [-0.1, -0.05) is 31.2 Å². The van der Waals surface area contributed by atoms with Crippen molar-refractivity contribution in [2.45, 2.75) is 51.7 Å². The number of imidazole rings is 1. The molecule has 194 valence electrons. The predicted molar refractivity (Wildman–Crippen MR) is 151 cm³/mol. The number of hydrogen-bond donors (Lipinski definition) is 1. The molecule has 2 amide bonds. The van der Waals surface area contributed by atoms with Crippen molar-refractivity contribution in [1.29, 1.82) is 0 Å². The Morgan fingerprint density at radius 3 is 2.76 bits per heavy atom. The molecule has 0 aliphatic carbocycles. The van der Waals surface area contributed by atoms with E-state index in [4.69, 9.17) is 21.3 Å². The van der Waals surface area contributed by atoms with Crippen molar-refractivity contribution < 1.29 is 9.53 Å². The fourth-order valence-corrected chi connectivity index (χ4v) is 5.44. The molecular weight excluding hydrogens is 504 g/mol. The number of amides is 2. The molecular formula is C27H33ClN6O2Si. The lowest BCUT2D eigenvalue weighted by atomic mass is 10.0. The van der Waals surface area contributed by atoms with Crippen molar-refractivity contribution in [3.05, 3.63) is 59.1 Å². The van der Waals surface area contributed by atoms with E-state index in [2.05, 4.69) is 41.0 Å². The van der Waals surface area contributed by atoms with Gasteiger partial charge < -0.3 is 19.5 Å². The second kappa shape index (κ2) is 10.8. The largest absolute Gasteiger partial charge is 0.361 e. The van der Waals surface area contributed by atoms with E-state index in [1.807, 2.05) is 27.8 Å². The summed E-state index contributed by atoms with van der Waals surface area (Å²) >= 11 is 6.54. The average molecular weight is 537 g/mol. The first kappa shape index (κ1) is 25.6. The number of carbonyl (C=O) groups excluding carboxylic acids is 1. The van der Waals surface area contributed by atoms with Gasteiger partial charge in [0, 0.05) is 74.0 Å². The van der Waals surface area contributed by atoms with Crippen LogP contribution in [0.4, 0.5) is 16.3 Å². The number of nitrogens with zero attached hydrogens (tertiary/aromatic N) is 5. The monoisotopic (exact) mass is 536 g/mol. The highest BCUT2D eigenvalue weighted by Crippen LogP contribution is 2.33. The lowest BCUT2D eigenvalue weighted by molar-refractivity contribution is 0.0871. The molecule has 1 aromatic carbocycles. The van der Waals surface area contributed by atoms with Crippen molar-refractivity contribution in [1.82, 2.24) is 19.4 Å². The number of anilines is 1. The summed E-state index contributed by atoms with van der Waals surface area (Å²) in [7, 11) is -1.10. The molecule has 1 N–H and O–H groups in total. The number of rotatable bonds is 8. The molecule has 1 saturated heterocycles. The van der Waals surface area contributed by atoms with E-state index in [1.165, 1.54) is 0 Å². The molecule has 2 aromatic heterocycles. The molecule has 0 unspecified atom stereocenters. The molecule has 0 saturated carbocycles. The SMILES string of the molecule is C[Si](C)(C)CCOCn1cnc(-c2cnc3c(c2)CC(c2cc(NC(=O)N4CCCC4)ccc2Cl)=N3)c1. The third kappa shape index (κ3) is 6.29. The minimum atomic E-state index is -1.10. The van der Waals surface area contributed by atoms with Gasteiger partial charge in [-0.2, -0.15) is 0 Å². The molecule has 0 spiro atoms. The van der Waals surface area contributed by atoms with Gasteiger partial charge in [0.1, 0.15) is 6.73 Å². The maximum atomic E-state index is 12.5. The third-order valence-electron chi connectivity index (χ3n) is 6.63. The first-order chi connectivity index (χ1) is 17.7. The second-order valence-corrected chi connectivity index (χ2v) is 16.9. The minimum Gasteiger partial charge on any atom is -0.361 e. The third-order valence-corrected chi connectivity index (χ3v) is 8.66. The zero-order valence-electron chi connectivity index (χ0n) is 21.6. The van der Waals surface area contributed by atoms with Gasteiger partial charge in [0.15, 0.2) is 5.82 Å². The van der Waals surface area contributed by atoms with E-state index in [0.29, 0.717) is 29.7 Å². The Morgan fingerprint density at radius 1 is 1.16 bits per heavy atom. The van der Waals surface area contributed by atoms with Gasteiger partial charge in [0.05, 0.1) is 17.7 Å². The number of urea groups is 1. The second-order valence-electron chi connectivity index (χ2n) is 10.9. The fourth-order valence-electron chi connectivity index (χ4n) is 4.45. The van der Waals surface area contributed by atoms with Crippen molar-refractivity contribution in [2.24, 2.45) is 4.99 Å². The number of nitrogens with one attached hydrogen (secondary N) is 1. The Labute approximate surface area is 223 Å². The predicted octanol–water partition coefficient (Wildman–Crippen LogP) is 6.22. The lowest BCUT2D eigenvalue weighted by Crippen LogP contribution is -2.32. The van der Waals surface area contributed by atoms with Crippen LogP contribution in [0.3, 0.4) is 0 Å². The smallest absolute Gasteiger partial charge is 0.321 e. The molecule has 5 rings (SSSR count). The van der Waals surface area contributed by atoms with Crippen LogP contribution in [-0.4, -0.2) is 58.9 Å². The number of ether oxygens (including phenoxy) is 1. The highest BCUT2D eigenvalue weighted by atomic mass is 35.5. The van der Waals surface area contributed by atoms with Crippen LogP contribution in [0.5, 0.6) is 0 Å². The molecule has 3 aromatic rings. The van der Waals surface area contributed by atoms with Crippen molar-refractivity contribution >= 4 is 42.9 Å². The molecule has 0 atom stereocenters. The quantitative estimate of drug-likeness (QED) is 0.274. The molecule has 37 heavy (non-hydrogen) atoms. The number of halogens is 1. The normalized spacial score (nSPS) is 15.1. The fraction of sp³-hybridized carbons (Fsp3) is 0.407. The summed E-state index contributed by atoms with van der Waals surface area (Å²) in [6.45, 7) is 9.90. The van der Waals surface area contributed by atoms with Gasteiger partial charge in [-0.15, -0.1) is 0 Å². The zero-order valence-corrected chi connectivity index (χ0v) is 23.4. The Balaban J connectivity index is 1.25. The van der Waals surface area contributed by atoms with E-state index >= 15 is 0 Å². The van der Waals surface area contributed by atoms with Gasteiger partial charge in [0.25, 0.3) is 0 Å². The van der Waals surface area contributed by atoms with Crippen LogP contribution in [0.2, 0.25) is 30.7 Å². The van der Waals surface area contributed by atoms with E-state index in [0.717, 1.165) is 66.7 Å². The molecule has 0 bridgehead atoms. The number of aliphatic imine (C=N–C) groups is 1. The van der Waals surface area contributed by atoms with Crippen molar-refractivity contribution in [3.63, 3.8) is 0 Å². The summed E-state index contributed by atoms with van der Waals surface area (Å²) in [5.41, 5.74) is 5.16. The molecule has 8 nitrogen and oxygen atoms in total. The first-order valence-corrected chi connectivity index (χ1v) is 16.9. The molecule has 2 aliphatic rings. The zero-order chi connectivity index (χ0) is 26.0. The topological polar surface area (TPSA) is 84.6 Å². The number of aromatic nitrogens is 3. The average Bonchev–Trinajstić information content (AvgIpc) is 3.62. The number of hydrogen-bond acceptors (Lipinski definition) is 5. The standard InChI is InChI=1S/C27H33ClN6O2Si/c1-37(2,3)11-10-36-18-33-16-25(30-17-33)20-12-19-13-24(32-26(19)29-15-20)22-14-21(6-7-23(22)28)31-27(35)34-8-4-5-9-34/h6-7,12,14-17H,4-5,8-11,13,18H2,1-3H3,(H,31,35). The van der Waals surface area contributed by atoms with E-state index < -0.39 is 8.07 Å². The minimum absolute atomic E-state index is 0.0744. The molecule has 4 heterocycles. The summed E-state index contributed by atoms with van der Waals surface area (Å²) in [6.07, 6.45) is 8.29. The van der Waals surface area contributed by atoms with Crippen LogP contribution in [0, 0.1) is 0 Å². The van der Waals surface area contributed by atoms with Gasteiger partial charge >= 0.3 is 6.03 Å². The van der Waals surface area contributed by atoms with Crippen molar-refractivity contribution in [3.8, 4) is 11.3 Å². The van der Waals surface area contributed by atoms with E-state index in [-0.39, 0.29) is 6.03 Å². The molecule has 10 heteroatoms. The Kier molecular flexibility index (Phi) is 7.46. The summed E-state index contributed by atoms with van der Waals surface area (Å²) in [6, 6.07) is 8.68. The van der Waals surface area contributed by atoms with Crippen molar-refractivity contribution in [2.75, 3.05) is 25.0 Å².